The van der Waals surface area contributed by atoms with Crippen molar-refractivity contribution in [2.75, 3.05) is 20.3 Å². The molecule has 0 aromatic rings. The first-order chi connectivity index (χ1) is 4.75. The maximum absolute atomic E-state index is 5.29. The molecule has 1 heterocycles. The molecule has 0 bridgehead atoms. The molecule has 1 rings (SSSR count). The highest BCUT2D eigenvalue weighted by molar-refractivity contribution is 14.1. The average molecular weight is 256 g/mol. The fourth-order valence-electron chi connectivity index (χ4n) is 1.22. The topological polar surface area (TPSA) is 18.5 Å². The van der Waals surface area contributed by atoms with Crippen molar-refractivity contribution in [3.05, 3.63) is 0 Å². The molecule has 0 aliphatic carbocycles. The highest BCUT2D eigenvalue weighted by Crippen LogP contribution is 2.24. The first kappa shape index (κ1) is 8.74. The lowest BCUT2D eigenvalue weighted by Gasteiger charge is -2.17. The van der Waals surface area contributed by atoms with E-state index in [9.17, 15) is 0 Å². The van der Waals surface area contributed by atoms with Gasteiger partial charge in [0.1, 0.15) is 0 Å². The maximum atomic E-state index is 5.29. The standard InChI is InChI=1S/C7H13IO2/c1-5(8)6-3-10-4-7(6)9-2/h5-7H,3-4H2,1-2H3/t5?,6-,7+/m0/s1. The van der Waals surface area contributed by atoms with Crippen LogP contribution in [0.1, 0.15) is 6.92 Å². The van der Waals surface area contributed by atoms with Gasteiger partial charge < -0.3 is 9.47 Å². The second-order valence-electron chi connectivity index (χ2n) is 2.65. The van der Waals surface area contributed by atoms with Gasteiger partial charge in [0.25, 0.3) is 0 Å². The molecule has 1 unspecified atom stereocenters. The van der Waals surface area contributed by atoms with Crippen LogP contribution in [0.5, 0.6) is 0 Å². The van der Waals surface area contributed by atoms with E-state index < -0.39 is 0 Å². The first-order valence-corrected chi connectivity index (χ1v) is 4.75. The Bertz CT molecular complexity index is 106. The minimum absolute atomic E-state index is 0.326. The van der Waals surface area contributed by atoms with E-state index in [0.717, 1.165) is 13.2 Å². The molecule has 0 aromatic carbocycles. The van der Waals surface area contributed by atoms with Crippen molar-refractivity contribution in [2.45, 2.75) is 17.0 Å². The molecular weight excluding hydrogens is 243 g/mol. The lowest BCUT2D eigenvalue weighted by molar-refractivity contribution is 0.0676. The SMILES string of the molecule is CO[C@@H]1COC[C@H]1C(C)I. The molecule has 2 nitrogen and oxygen atoms in total. The van der Waals surface area contributed by atoms with Gasteiger partial charge in [0.05, 0.1) is 19.3 Å². The van der Waals surface area contributed by atoms with Crippen LogP contribution >= 0.6 is 22.6 Å². The zero-order chi connectivity index (χ0) is 7.56. The third-order valence-electron chi connectivity index (χ3n) is 1.96. The highest BCUT2D eigenvalue weighted by atomic mass is 127. The third kappa shape index (κ3) is 1.83. The fraction of sp³-hybridized carbons (Fsp3) is 1.00. The second kappa shape index (κ2) is 3.88. The van der Waals surface area contributed by atoms with Crippen LogP contribution in [-0.4, -0.2) is 30.4 Å². The Balaban J connectivity index is 2.42. The van der Waals surface area contributed by atoms with Gasteiger partial charge in [-0.25, -0.2) is 0 Å². The molecule has 3 heteroatoms. The molecule has 60 valence electrons. The van der Waals surface area contributed by atoms with Crippen molar-refractivity contribution < 1.29 is 9.47 Å². The van der Waals surface area contributed by atoms with Crippen LogP contribution in [0.3, 0.4) is 0 Å². The van der Waals surface area contributed by atoms with Gasteiger partial charge in [-0.05, 0) is 0 Å². The van der Waals surface area contributed by atoms with Gasteiger partial charge in [-0.1, -0.05) is 29.5 Å². The highest BCUT2D eigenvalue weighted by Gasteiger charge is 2.30. The zero-order valence-corrected chi connectivity index (χ0v) is 8.50. The van der Waals surface area contributed by atoms with E-state index in [2.05, 4.69) is 29.5 Å². The average Bonchev–Trinajstić information content (AvgIpc) is 2.33. The number of rotatable bonds is 2. The molecule has 10 heavy (non-hydrogen) atoms. The van der Waals surface area contributed by atoms with Gasteiger partial charge >= 0.3 is 0 Å². The summed E-state index contributed by atoms with van der Waals surface area (Å²) in [5.41, 5.74) is 0. The van der Waals surface area contributed by atoms with Crippen molar-refractivity contribution >= 4 is 22.6 Å². The van der Waals surface area contributed by atoms with Gasteiger partial charge in [-0.2, -0.15) is 0 Å². The van der Waals surface area contributed by atoms with Gasteiger partial charge in [0.2, 0.25) is 0 Å². The summed E-state index contributed by atoms with van der Waals surface area (Å²) in [6.45, 7) is 3.84. The summed E-state index contributed by atoms with van der Waals surface area (Å²) in [5.74, 6) is 0.589. The van der Waals surface area contributed by atoms with Crippen LogP contribution in [0.25, 0.3) is 0 Å². The van der Waals surface area contributed by atoms with E-state index in [1.165, 1.54) is 0 Å². The van der Waals surface area contributed by atoms with E-state index in [-0.39, 0.29) is 0 Å². The van der Waals surface area contributed by atoms with Crippen LogP contribution in [0.4, 0.5) is 0 Å². The summed E-state index contributed by atoms with van der Waals surface area (Å²) in [4.78, 5) is 0. The van der Waals surface area contributed by atoms with Crippen molar-refractivity contribution in [3.8, 4) is 0 Å². The number of hydrogen-bond donors (Lipinski definition) is 0. The number of hydrogen-bond acceptors (Lipinski definition) is 2. The van der Waals surface area contributed by atoms with Gasteiger partial charge in [-0.3, -0.25) is 0 Å². The Hall–Kier alpha value is 0.650. The van der Waals surface area contributed by atoms with Crippen molar-refractivity contribution in [2.24, 2.45) is 5.92 Å². The lowest BCUT2D eigenvalue weighted by atomic mass is 10.0. The molecule has 0 aromatic heterocycles. The molecule has 1 aliphatic heterocycles. The lowest BCUT2D eigenvalue weighted by Crippen LogP contribution is -2.26. The summed E-state index contributed by atoms with van der Waals surface area (Å²) in [6.07, 6.45) is 0.326. The Labute approximate surface area is 75.4 Å². The zero-order valence-electron chi connectivity index (χ0n) is 6.34. The predicted octanol–water partition coefficient (Wildman–Crippen LogP) is 1.47. The molecule has 0 amide bonds. The van der Waals surface area contributed by atoms with Crippen molar-refractivity contribution in [1.29, 1.82) is 0 Å². The number of alkyl halides is 1. The number of ether oxygens (including phenoxy) is 2. The third-order valence-corrected chi connectivity index (χ3v) is 2.89. The Morgan fingerprint density at radius 2 is 2.30 bits per heavy atom. The number of halogens is 1. The fourth-order valence-corrected chi connectivity index (χ4v) is 1.89. The van der Waals surface area contributed by atoms with Crippen LogP contribution in [0, 0.1) is 5.92 Å². The van der Waals surface area contributed by atoms with Gasteiger partial charge in [0.15, 0.2) is 0 Å². The smallest absolute Gasteiger partial charge is 0.0864 e. The van der Waals surface area contributed by atoms with Crippen molar-refractivity contribution in [1.82, 2.24) is 0 Å². The van der Waals surface area contributed by atoms with Crippen LogP contribution in [-0.2, 0) is 9.47 Å². The summed E-state index contributed by atoms with van der Waals surface area (Å²) < 4.78 is 11.2. The van der Waals surface area contributed by atoms with E-state index in [4.69, 9.17) is 9.47 Å². The molecule has 1 aliphatic rings. The quantitative estimate of drug-likeness (QED) is 0.550. The normalized spacial score (nSPS) is 36.3. The minimum atomic E-state index is 0.326. The summed E-state index contributed by atoms with van der Waals surface area (Å²) in [7, 11) is 1.76. The number of methoxy groups -OCH3 is 1. The van der Waals surface area contributed by atoms with E-state index >= 15 is 0 Å². The largest absolute Gasteiger partial charge is 0.379 e. The molecule has 1 fully saturated rings. The predicted molar refractivity (Wildman–Crippen MR) is 48.6 cm³/mol. The Morgan fingerprint density at radius 3 is 2.70 bits per heavy atom. The minimum Gasteiger partial charge on any atom is -0.379 e. The molecule has 3 atom stereocenters. The van der Waals surface area contributed by atoms with Crippen LogP contribution in [0.2, 0.25) is 0 Å². The first-order valence-electron chi connectivity index (χ1n) is 3.50. The van der Waals surface area contributed by atoms with E-state index in [0.29, 0.717) is 15.9 Å². The molecule has 1 saturated heterocycles. The van der Waals surface area contributed by atoms with E-state index in [1.807, 2.05) is 0 Å². The molecule has 0 radical (unpaired) electrons. The van der Waals surface area contributed by atoms with Crippen molar-refractivity contribution in [3.63, 3.8) is 0 Å². The van der Waals surface area contributed by atoms with Crippen LogP contribution in [0.15, 0.2) is 0 Å². The summed E-state index contributed by atoms with van der Waals surface area (Å²) in [6, 6.07) is 0. The Morgan fingerprint density at radius 1 is 1.60 bits per heavy atom. The second-order valence-corrected chi connectivity index (χ2v) is 4.62. The van der Waals surface area contributed by atoms with E-state index in [1.54, 1.807) is 7.11 Å². The summed E-state index contributed by atoms with van der Waals surface area (Å²) >= 11 is 2.42. The van der Waals surface area contributed by atoms with Gasteiger partial charge in [-0.15, -0.1) is 0 Å². The molecular formula is C7H13IO2. The monoisotopic (exact) mass is 256 g/mol. The maximum Gasteiger partial charge on any atom is 0.0864 e. The van der Waals surface area contributed by atoms with Gasteiger partial charge in [0, 0.05) is 17.0 Å². The Kier molecular flexibility index (Phi) is 3.39. The summed E-state index contributed by atoms with van der Waals surface area (Å²) in [5, 5.41) is 0. The molecule has 0 saturated carbocycles. The molecule has 0 spiro atoms. The molecule has 0 N–H and O–H groups in total. The van der Waals surface area contributed by atoms with Crippen LogP contribution < -0.4 is 0 Å².